The summed E-state index contributed by atoms with van der Waals surface area (Å²) in [5, 5.41) is 3.99. The molecule has 1 N–H and O–H groups in total. The number of fused-ring (bicyclic) bond motifs is 1. The Hall–Kier alpha value is -1.61. The van der Waals surface area contributed by atoms with Gasteiger partial charge >= 0.3 is 0 Å². The number of aromatic nitrogens is 1. The molecule has 0 aliphatic heterocycles. The van der Waals surface area contributed by atoms with Gasteiger partial charge in [-0.05, 0) is 18.2 Å². The quantitative estimate of drug-likeness (QED) is 0.767. The van der Waals surface area contributed by atoms with Crippen molar-refractivity contribution < 1.29 is 4.79 Å². The summed E-state index contributed by atoms with van der Waals surface area (Å²) in [6.07, 6.45) is 2.30. The maximum atomic E-state index is 10.3. The van der Waals surface area contributed by atoms with Gasteiger partial charge in [-0.15, -0.1) is 0 Å². The maximum Gasteiger partial charge on any atom is 0.211 e. The molecule has 70 valence electrons. The second-order valence-electron chi connectivity index (χ2n) is 2.80. The predicted molar refractivity (Wildman–Crippen MR) is 56.4 cm³/mol. The molecule has 0 bridgehead atoms. The van der Waals surface area contributed by atoms with Gasteiger partial charge in [0.2, 0.25) is 6.41 Å². The zero-order chi connectivity index (χ0) is 9.97. The third-order valence-electron chi connectivity index (χ3n) is 1.88. The molecule has 0 aliphatic carbocycles. The van der Waals surface area contributed by atoms with Crippen molar-refractivity contribution >= 4 is 34.6 Å². The Labute approximate surface area is 85.7 Å². The van der Waals surface area contributed by atoms with E-state index in [1.54, 1.807) is 12.3 Å². The van der Waals surface area contributed by atoms with E-state index in [1.807, 2.05) is 18.2 Å². The number of benzene rings is 1. The number of hydrogen-bond acceptors (Lipinski definition) is 2. The smallest absolute Gasteiger partial charge is 0.211 e. The van der Waals surface area contributed by atoms with Crippen molar-refractivity contribution in [3.05, 3.63) is 35.5 Å². The van der Waals surface area contributed by atoms with Crippen LogP contribution in [0, 0.1) is 0 Å². The average Bonchev–Trinajstić information content (AvgIpc) is 2.18. The van der Waals surface area contributed by atoms with E-state index in [1.165, 1.54) is 0 Å². The van der Waals surface area contributed by atoms with Gasteiger partial charge in [0.25, 0.3) is 0 Å². The van der Waals surface area contributed by atoms with Crippen LogP contribution in [0.15, 0.2) is 30.5 Å². The summed E-state index contributed by atoms with van der Waals surface area (Å²) < 4.78 is 0. The molecule has 1 amide bonds. The van der Waals surface area contributed by atoms with Gasteiger partial charge in [-0.3, -0.25) is 9.78 Å². The highest BCUT2D eigenvalue weighted by molar-refractivity contribution is 6.35. The van der Waals surface area contributed by atoms with Gasteiger partial charge in [-0.2, -0.15) is 0 Å². The minimum absolute atomic E-state index is 0.535. The van der Waals surface area contributed by atoms with Gasteiger partial charge in [0.05, 0.1) is 10.5 Å². The number of pyridine rings is 1. The number of carbonyl (C=O) groups is 1. The van der Waals surface area contributed by atoms with Gasteiger partial charge in [0, 0.05) is 17.3 Å². The molecule has 3 nitrogen and oxygen atoms in total. The van der Waals surface area contributed by atoms with E-state index >= 15 is 0 Å². The SMILES string of the molecule is O=CNc1cc(Cl)c2ncccc2c1. The fourth-order valence-corrected chi connectivity index (χ4v) is 1.57. The van der Waals surface area contributed by atoms with Crippen LogP contribution in [-0.2, 0) is 4.79 Å². The van der Waals surface area contributed by atoms with Crippen LogP contribution in [0.2, 0.25) is 5.02 Å². The van der Waals surface area contributed by atoms with Crippen molar-refractivity contribution in [2.45, 2.75) is 0 Å². The highest BCUT2D eigenvalue weighted by Gasteiger charge is 2.01. The van der Waals surface area contributed by atoms with E-state index in [2.05, 4.69) is 10.3 Å². The number of hydrogen-bond donors (Lipinski definition) is 1. The second kappa shape index (κ2) is 3.64. The van der Waals surface area contributed by atoms with Gasteiger partial charge in [0.1, 0.15) is 0 Å². The van der Waals surface area contributed by atoms with Gasteiger partial charge < -0.3 is 5.32 Å². The lowest BCUT2D eigenvalue weighted by atomic mass is 10.2. The second-order valence-corrected chi connectivity index (χ2v) is 3.20. The monoisotopic (exact) mass is 206 g/mol. The first-order valence-electron chi connectivity index (χ1n) is 4.06. The molecule has 0 unspecified atom stereocenters. The largest absolute Gasteiger partial charge is 0.329 e. The van der Waals surface area contributed by atoms with Crippen LogP contribution in [0.25, 0.3) is 10.9 Å². The van der Waals surface area contributed by atoms with Crippen molar-refractivity contribution in [1.29, 1.82) is 0 Å². The number of carbonyl (C=O) groups excluding carboxylic acids is 1. The third kappa shape index (κ3) is 1.54. The molecule has 0 aliphatic rings. The molecule has 0 saturated carbocycles. The van der Waals surface area contributed by atoms with Gasteiger partial charge in [-0.1, -0.05) is 17.7 Å². The molecule has 4 heteroatoms. The van der Waals surface area contributed by atoms with E-state index in [0.29, 0.717) is 17.1 Å². The Bertz CT molecular complexity index is 485. The lowest BCUT2D eigenvalue weighted by Gasteiger charge is -2.03. The number of halogens is 1. The van der Waals surface area contributed by atoms with Crippen LogP contribution in [0.1, 0.15) is 0 Å². The Morgan fingerprint density at radius 2 is 2.29 bits per heavy atom. The number of nitrogens with zero attached hydrogens (tertiary/aromatic N) is 1. The molecule has 0 saturated heterocycles. The normalized spacial score (nSPS) is 10.1. The van der Waals surface area contributed by atoms with E-state index in [0.717, 1.165) is 10.9 Å². The fourth-order valence-electron chi connectivity index (χ4n) is 1.30. The number of amides is 1. The average molecular weight is 207 g/mol. The summed E-state index contributed by atoms with van der Waals surface area (Å²) in [7, 11) is 0. The Morgan fingerprint density at radius 3 is 3.07 bits per heavy atom. The van der Waals surface area contributed by atoms with Gasteiger partial charge in [-0.25, -0.2) is 0 Å². The molecule has 1 aromatic carbocycles. The van der Waals surface area contributed by atoms with Crippen LogP contribution in [0.3, 0.4) is 0 Å². The predicted octanol–water partition coefficient (Wildman–Crippen LogP) is 2.46. The third-order valence-corrected chi connectivity index (χ3v) is 2.17. The molecule has 0 radical (unpaired) electrons. The zero-order valence-electron chi connectivity index (χ0n) is 7.20. The van der Waals surface area contributed by atoms with Crippen LogP contribution in [0.4, 0.5) is 5.69 Å². The minimum atomic E-state index is 0.535. The molecule has 0 spiro atoms. The summed E-state index contributed by atoms with van der Waals surface area (Å²) >= 11 is 5.98. The number of rotatable bonds is 2. The molecule has 1 heterocycles. The van der Waals surface area contributed by atoms with Crippen molar-refractivity contribution in [1.82, 2.24) is 4.98 Å². The highest BCUT2D eigenvalue weighted by Crippen LogP contribution is 2.25. The number of nitrogens with one attached hydrogen (secondary N) is 1. The van der Waals surface area contributed by atoms with Crippen molar-refractivity contribution in [3.8, 4) is 0 Å². The topological polar surface area (TPSA) is 42.0 Å². The fraction of sp³-hybridized carbons (Fsp3) is 0. The highest BCUT2D eigenvalue weighted by atomic mass is 35.5. The summed E-state index contributed by atoms with van der Waals surface area (Å²) in [5.41, 5.74) is 1.41. The van der Waals surface area contributed by atoms with E-state index in [-0.39, 0.29) is 0 Å². The molecule has 1 aromatic heterocycles. The van der Waals surface area contributed by atoms with Crippen LogP contribution < -0.4 is 5.32 Å². The molecule has 2 rings (SSSR count). The summed E-state index contributed by atoms with van der Waals surface area (Å²) in [6.45, 7) is 0. The molecule has 2 aromatic rings. The van der Waals surface area contributed by atoms with E-state index in [4.69, 9.17) is 11.6 Å². The Morgan fingerprint density at radius 1 is 1.43 bits per heavy atom. The molecule has 0 atom stereocenters. The summed E-state index contributed by atoms with van der Waals surface area (Å²) in [6, 6.07) is 7.21. The van der Waals surface area contributed by atoms with Crippen molar-refractivity contribution in [3.63, 3.8) is 0 Å². The van der Waals surface area contributed by atoms with E-state index in [9.17, 15) is 4.79 Å². The summed E-state index contributed by atoms with van der Waals surface area (Å²) in [5.74, 6) is 0. The minimum Gasteiger partial charge on any atom is -0.329 e. The van der Waals surface area contributed by atoms with Gasteiger partial charge in [0.15, 0.2) is 0 Å². The lowest BCUT2D eigenvalue weighted by molar-refractivity contribution is -0.105. The Kier molecular flexibility index (Phi) is 2.33. The molecule has 14 heavy (non-hydrogen) atoms. The van der Waals surface area contributed by atoms with E-state index < -0.39 is 0 Å². The molecular formula is C10H7ClN2O. The molecular weight excluding hydrogens is 200 g/mol. The standard InChI is InChI=1S/C10H7ClN2O/c11-9-5-8(13-6-14)4-7-2-1-3-12-10(7)9/h1-6H,(H,13,14). The van der Waals surface area contributed by atoms with Crippen LogP contribution in [0.5, 0.6) is 0 Å². The number of anilines is 1. The zero-order valence-corrected chi connectivity index (χ0v) is 7.95. The first-order chi connectivity index (χ1) is 6.81. The lowest BCUT2D eigenvalue weighted by Crippen LogP contribution is -1.93. The van der Waals surface area contributed by atoms with Crippen molar-refractivity contribution in [2.24, 2.45) is 0 Å². The van der Waals surface area contributed by atoms with Crippen LogP contribution >= 0.6 is 11.6 Å². The Balaban J connectivity index is 2.65. The summed E-state index contributed by atoms with van der Waals surface area (Å²) in [4.78, 5) is 14.4. The van der Waals surface area contributed by atoms with Crippen LogP contribution in [-0.4, -0.2) is 11.4 Å². The maximum absolute atomic E-state index is 10.3. The first kappa shape index (κ1) is 8.97. The van der Waals surface area contributed by atoms with Crippen molar-refractivity contribution in [2.75, 3.05) is 5.32 Å². The molecule has 0 fully saturated rings. The first-order valence-corrected chi connectivity index (χ1v) is 4.43.